The number of hydrogen-bond donors (Lipinski definition) is 0. The highest BCUT2D eigenvalue weighted by molar-refractivity contribution is 6.09. The lowest BCUT2D eigenvalue weighted by molar-refractivity contribution is 0.163. The monoisotopic (exact) mass is 575 g/mol. The van der Waals surface area contributed by atoms with Crippen LogP contribution in [0.5, 0.6) is 11.5 Å². The molecule has 0 amide bonds. The Bertz CT molecular complexity index is 1970. The third-order valence-electron chi connectivity index (χ3n) is 11.2. The molecule has 3 heteroatoms. The molecule has 3 aliphatic carbocycles. The van der Waals surface area contributed by atoms with Crippen LogP contribution in [0, 0.1) is 11.8 Å². The second kappa shape index (κ2) is 9.25. The number of rotatable bonds is 4. The van der Waals surface area contributed by atoms with Gasteiger partial charge in [-0.25, -0.2) is 0 Å². The van der Waals surface area contributed by atoms with Gasteiger partial charge in [0.1, 0.15) is 11.5 Å². The standard InChI is InChI=1S/C41H37NO2/c1-42(2)30-17-15-28(16-18-30)41(27-9-5-4-6-10-27)22-21-34-38-37(32-20-19-31(43-3)24-35(32)39(34)44-41)33-11-7-8-12-36(33)40(38)25-26-13-14-29(40)23-26/h4-12,15-22,24,26,29H,13-14,23,25H2,1-3H3. The van der Waals surface area contributed by atoms with Crippen LogP contribution in [0.15, 0.2) is 103 Å². The van der Waals surface area contributed by atoms with E-state index in [1.807, 2.05) is 0 Å². The Hall–Kier alpha value is -4.50. The van der Waals surface area contributed by atoms with Crippen molar-refractivity contribution in [2.75, 3.05) is 26.1 Å². The average Bonchev–Trinajstić information content (AvgIpc) is 3.77. The number of ether oxygens (including phenoxy) is 2. The highest BCUT2D eigenvalue weighted by atomic mass is 16.5. The lowest BCUT2D eigenvalue weighted by Gasteiger charge is -2.41. The molecule has 1 aliphatic heterocycles. The van der Waals surface area contributed by atoms with E-state index in [9.17, 15) is 0 Å². The van der Waals surface area contributed by atoms with Gasteiger partial charge in [-0.3, -0.25) is 0 Å². The summed E-state index contributed by atoms with van der Waals surface area (Å²) in [6, 6.07) is 35.3. The molecule has 1 spiro atoms. The van der Waals surface area contributed by atoms with Crippen LogP contribution in [0.3, 0.4) is 0 Å². The van der Waals surface area contributed by atoms with E-state index in [4.69, 9.17) is 9.47 Å². The van der Waals surface area contributed by atoms with Crippen LogP contribution < -0.4 is 14.4 Å². The van der Waals surface area contributed by atoms with E-state index in [1.165, 1.54) is 64.6 Å². The fraction of sp³-hybridized carbons (Fsp3) is 0.268. The molecule has 0 N–H and O–H groups in total. The zero-order valence-electron chi connectivity index (χ0n) is 25.6. The van der Waals surface area contributed by atoms with Crippen molar-refractivity contribution in [1.29, 1.82) is 0 Å². The third-order valence-corrected chi connectivity index (χ3v) is 11.2. The van der Waals surface area contributed by atoms with Crippen LogP contribution >= 0.6 is 0 Å². The zero-order valence-corrected chi connectivity index (χ0v) is 25.6. The van der Waals surface area contributed by atoms with Crippen LogP contribution in [-0.2, 0) is 11.0 Å². The molecule has 2 fully saturated rings. The van der Waals surface area contributed by atoms with Crippen LogP contribution in [-0.4, -0.2) is 21.2 Å². The summed E-state index contributed by atoms with van der Waals surface area (Å²) in [5.41, 5.74) is 9.76. The number of nitrogens with zero attached hydrogens (tertiary/aromatic N) is 1. The lowest BCUT2D eigenvalue weighted by atomic mass is 9.65. The first-order valence-corrected chi connectivity index (χ1v) is 16.0. The van der Waals surface area contributed by atoms with E-state index in [0.29, 0.717) is 5.92 Å². The first kappa shape index (κ1) is 25.9. The summed E-state index contributed by atoms with van der Waals surface area (Å²) in [4.78, 5) is 2.14. The van der Waals surface area contributed by atoms with Crippen molar-refractivity contribution in [1.82, 2.24) is 0 Å². The van der Waals surface area contributed by atoms with Gasteiger partial charge in [0.15, 0.2) is 5.60 Å². The lowest BCUT2D eigenvalue weighted by Crippen LogP contribution is -2.36. The van der Waals surface area contributed by atoms with Crippen molar-refractivity contribution >= 4 is 22.5 Å². The summed E-state index contributed by atoms with van der Waals surface area (Å²) in [5.74, 6) is 3.28. The third kappa shape index (κ3) is 3.33. The largest absolute Gasteiger partial charge is 0.497 e. The van der Waals surface area contributed by atoms with Crippen molar-refractivity contribution in [2.24, 2.45) is 11.8 Å². The quantitative estimate of drug-likeness (QED) is 0.213. The van der Waals surface area contributed by atoms with E-state index in [2.05, 4.69) is 128 Å². The second-order valence-electron chi connectivity index (χ2n) is 13.5. The molecule has 5 aromatic rings. The second-order valence-corrected chi connectivity index (χ2v) is 13.5. The maximum Gasteiger partial charge on any atom is 0.178 e. The molecule has 3 nitrogen and oxygen atoms in total. The van der Waals surface area contributed by atoms with Gasteiger partial charge in [-0.05, 0) is 95.1 Å². The van der Waals surface area contributed by atoms with E-state index >= 15 is 0 Å². The molecule has 0 aromatic heterocycles. The molecule has 0 radical (unpaired) electrons. The molecule has 2 bridgehead atoms. The molecule has 0 saturated heterocycles. The SMILES string of the molecule is COc1ccc2c3c(c4c(c2c1)OC(c1ccccc1)(c1ccc(N(C)C)cc1)C=C4)C1(CC2CCC1C2)c1ccccc1-3. The molecule has 4 atom stereocenters. The smallest absolute Gasteiger partial charge is 0.178 e. The number of anilines is 1. The van der Waals surface area contributed by atoms with Crippen molar-refractivity contribution in [3.05, 3.63) is 131 Å². The van der Waals surface area contributed by atoms with Crippen molar-refractivity contribution in [3.8, 4) is 22.6 Å². The Morgan fingerprint density at radius 1 is 0.818 bits per heavy atom. The number of hydrogen-bond acceptors (Lipinski definition) is 3. The summed E-state index contributed by atoms with van der Waals surface area (Å²) in [5, 5.41) is 2.37. The van der Waals surface area contributed by atoms with Gasteiger partial charge in [-0.2, -0.15) is 0 Å². The fourth-order valence-electron chi connectivity index (χ4n) is 9.35. The topological polar surface area (TPSA) is 21.7 Å². The molecule has 4 aliphatic rings. The van der Waals surface area contributed by atoms with Crippen molar-refractivity contribution in [3.63, 3.8) is 0 Å². The van der Waals surface area contributed by atoms with Crippen molar-refractivity contribution < 1.29 is 9.47 Å². The van der Waals surface area contributed by atoms with Gasteiger partial charge in [0.25, 0.3) is 0 Å². The summed E-state index contributed by atoms with van der Waals surface area (Å²) in [6.45, 7) is 0. The molecule has 1 heterocycles. The number of methoxy groups -OCH3 is 1. The van der Waals surface area contributed by atoms with Crippen LogP contribution in [0.1, 0.15) is 53.5 Å². The van der Waals surface area contributed by atoms with Gasteiger partial charge in [0, 0.05) is 47.3 Å². The summed E-state index contributed by atoms with van der Waals surface area (Å²) >= 11 is 0. The van der Waals surface area contributed by atoms with Gasteiger partial charge in [-0.1, -0.05) is 79.2 Å². The van der Waals surface area contributed by atoms with Gasteiger partial charge in [0.2, 0.25) is 0 Å². The predicted octanol–water partition coefficient (Wildman–Crippen LogP) is 9.35. The summed E-state index contributed by atoms with van der Waals surface area (Å²) < 4.78 is 13.4. The minimum Gasteiger partial charge on any atom is -0.497 e. The number of benzene rings is 5. The van der Waals surface area contributed by atoms with E-state index in [-0.39, 0.29) is 5.41 Å². The van der Waals surface area contributed by atoms with Gasteiger partial charge >= 0.3 is 0 Å². The first-order chi connectivity index (χ1) is 21.5. The minimum atomic E-state index is -0.767. The van der Waals surface area contributed by atoms with E-state index < -0.39 is 5.60 Å². The Morgan fingerprint density at radius 2 is 1.59 bits per heavy atom. The Kier molecular flexibility index (Phi) is 5.46. The predicted molar refractivity (Wildman–Crippen MR) is 180 cm³/mol. The van der Waals surface area contributed by atoms with Gasteiger partial charge in [-0.15, -0.1) is 0 Å². The molecule has 5 aromatic carbocycles. The van der Waals surface area contributed by atoms with E-state index in [1.54, 1.807) is 7.11 Å². The highest BCUT2D eigenvalue weighted by Crippen LogP contribution is 2.68. The maximum atomic E-state index is 7.56. The molecule has 2 saturated carbocycles. The van der Waals surface area contributed by atoms with E-state index in [0.717, 1.165) is 33.9 Å². The zero-order chi connectivity index (χ0) is 29.6. The molecule has 4 unspecified atom stereocenters. The summed E-state index contributed by atoms with van der Waals surface area (Å²) in [6.07, 6.45) is 9.97. The average molecular weight is 576 g/mol. The Morgan fingerprint density at radius 3 is 2.32 bits per heavy atom. The van der Waals surface area contributed by atoms with Crippen molar-refractivity contribution in [2.45, 2.75) is 36.7 Å². The normalized spacial score (nSPS) is 25.5. The first-order valence-electron chi connectivity index (χ1n) is 16.0. The van der Waals surface area contributed by atoms with Crippen LogP contribution in [0.25, 0.3) is 28.0 Å². The number of fused-ring (bicyclic) bond motifs is 13. The van der Waals surface area contributed by atoms with Gasteiger partial charge in [0.05, 0.1) is 7.11 Å². The molecule has 9 rings (SSSR count). The van der Waals surface area contributed by atoms with Crippen LogP contribution in [0.4, 0.5) is 5.69 Å². The Labute approximate surface area is 259 Å². The summed E-state index contributed by atoms with van der Waals surface area (Å²) in [7, 11) is 5.92. The maximum absolute atomic E-state index is 7.56. The minimum absolute atomic E-state index is 0.0425. The molecular formula is C41H37NO2. The molecule has 44 heavy (non-hydrogen) atoms. The van der Waals surface area contributed by atoms with Gasteiger partial charge < -0.3 is 14.4 Å². The molecular weight excluding hydrogens is 538 g/mol. The van der Waals surface area contributed by atoms with Crippen LogP contribution in [0.2, 0.25) is 0 Å². The Balaban J connectivity index is 1.36. The fourth-order valence-corrected chi connectivity index (χ4v) is 9.35. The highest BCUT2D eigenvalue weighted by Gasteiger charge is 2.58. The molecule has 218 valence electrons.